The lowest BCUT2D eigenvalue weighted by Gasteiger charge is -2.41. The van der Waals surface area contributed by atoms with Crippen molar-refractivity contribution in [2.24, 2.45) is 0 Å². The summed E-state index contributed by atoms with van der Waals surface area (Å²) in [6, 6.07) is 23.7. The third-order valence-electron chi connectivity index (χ3n) is 11.1. The molecule has 2 N–H and O–H groups in total. The van der Waals surface area contributed by atoms with Crippen LogP contribution < -0.4 is 31.7 Å². The Labute approximate surface area is 328 Å². The van der Waals surface area contributed by atoms with E-state index in [1.807, 2.05) is 60.7 Å². The summed E-state index contributed by atoms with van der Waals surface area (Å²) in [6.45, 7) is 7.83. The van der Waals surface area contributed by atoms with Gasteiger partial charge in [0.1, 0.15) is 27.5 Å². The maximum Gasteiger partial charge on any atom is 0.332 e. The van der Waals surface area contributed by atoms with Gasteiger partial charge in [0.2, 0.25) is 5.91 Å². The van der Waals surface area contributed by atoms with Crippen LogP contribution in [0.1, 0.15) is 57.3 Å². The highest BCUT2D eigenvalue weighted by Crippen LogP contribution is 2.40. The molecule has 12 nitrogen and oxygen atoms in total. The Morgan fingerprint density at radius 3 is 2.25 bits per heavy atom. The van der Waals surface area contributed by atoms with Crippen LogP contribution in [0.2, 0.25) is 5.04 Å². The fourth-order valence-electron chi connectivity index (χ4n) is 7.99. The molecule has 1 saturated heterocycles. The number of carbonyl (C=O) groups excluding carboxylic acids is 1. The largest absolute Gasteiger partial charge is 0.496 e. The molecule has 6 aromatic rings. The van der Waals surface area contributed by atoms with E-state index < -0.39 is 42.1 Å². The summed E-state index contributed by atoms with van der Waals surface area (Å²) >= 11 is 1.19. The number of hydrogen-bond donors (Lipinski definition) is 2. The minimum absolute atomic E-state index is 0.0561. The van der Waals surface area contributed by atoms with Crippen molar-refractivity contribution in [3.63, 3.8) is 0 Å². The van der Waals surface area contributed by atoms with Crippen molar-refractivity contribution in [1.29, 1.82) is 0 Å². The molecule has 7 rings (SSSR count). The van der Waals surface area contributed by atoms with E-state index in [9.17, 15) is 19.2 Å². The van der Waals surface area contributed by atoms with Gasteiger partial charge in [0.05, 0.1) is 43.4 Å². The van der Waals surface area contributed by atoms with Crippen LogP contribution in [0.3, 0.4) is 0 Å². The highest BCUT2D eigenvalue weighted by molar-refractivity contribution is 7.21. The van der Waals surface area contributed by atoms with Crippen LogP contribution in [0.5, 0.6) is 5.75 Å². The molecule has 0 radical (unpaired) electrons. The Bertz CT molecular complexity index is 2450. The van der Waals surface area contributed by atoms with E-state index in [1.54, 1.807) is 13.8 Å². The van der Waals surface area contributed by atoms with Gasteiger partial charge in [0.15, 0.2) is 0 Å². The quantitative estimate of drug-likeness (QED) is 0.121. The number of carbonyl (C=O) groups is 1. The van der Waals surface area contributed by atoms with E-state index in [2.05, 4.69) is 29.4 Å². The summed E-state index contributed by atoms with van der Waals surface area (Å²) in [6.07, 6.45) is 3.19. The lowest BCUT2D eigenvalue weighted by molar-refractivity contribution is -0.119. The standard InChI is InChI=1S/C41H45FN6O6SSi/c1-27-35-36(50)47(41(4)24-34(49)43-26-41)39(51)46(38(35)55-37(27)48-44-20-21-45-48)25-33(31-23-28(42)17-18-32(31)53-5)54-22-12-19-40(2,3)56(52,29-13-8-6-9-14-29)30-15-10-7-11-16-30/h6-11,13-18,20-21,23,33,52H,12,19,22,24-26H2,1-5H3,(H,43,49)/t33-,41?/m0/s1. The maximum absolute atomic E-state index is 15.0. The van der Waals surface area contributed by atoms with E-state index >= 15 is 4.39 Å². The number of aryl methyl sites for hydroxylation is 1. The zero-order valence-corrected chi connectivity index (χ0v) is 33.8. The number of halogens is 1. The molecule has 1 amide bonds. The molecule has 3 aromatic heterocycles. The molecule has 3 aromatic carbocycles. The first-order valence-corrected chi connectivity index (χ1v) is 21.3. The van der Waals surface area contributed by atoms with Gasteiger partial charge in [-0.1, -0.05) is 85.8 Å². The molecule has 4 heterocycles. The van der Waals surface area contributed by atoms with Gasteiger partial charge in [-0.2, -0.15) is 10.2 Å². The highest BCUT2D eigenvalue weighted by Gasteiger charge is 2.49. The first-order chi connectivity index (χ1) is 26.8. The summed E-state index contributed by atoms with van der Waals surface area (Å²) < 4.78 is 30.0. The molecule has 0 aliphatic carbocycles. The lowest BCUT2D eigenvalue weighted by atomic mass is 10.0. The predicted molar refractivity (Wildman–Crippen MR) is 216 cm³/mol. The first kappa shape index (κ1) is 39.0. The Hall–Kier alpha value is -5.22. The Morgan fingerprint density at radius 2 is 1.66 bits per heavy atom. The van der Waals surface area contributed by atoms with E-state index in [1.165, 1.54) is 58.4 Å². The summed E-state index contributed by atoms with van der Waals surface area (Å²) in [5, 5.41) is 13.4. The average Bonchev–Trinajstić information content (AvgIpc) is 3.93. The van der Waals surface area contributed by atoms with E-state index in [4.69, 9.17) is 9.47 Å². The van der Waals surface area contributed by atoms with E-state index in [-0.39, 0.29) is 32.0 Å². The second kappa shape index (κ2) is 15.4. The van der Waals surface area contributed by atoms with Gasteiger partial charge >= 0.3 is 5.69 Å². The molecule has 0 saturated carbocycles. The van der Waals surface area contributed by atoms with Gasteiger partial charge in [0, 0.05) is 24.3 Å². The highest BCUT2D eigenvalue weighted by atomic mass is 32.1. The first-order valence-electron chi connectivity index (χ1n) is 18.5. The zero-order valence-electron chi connectivity index (χ0n) is 32.0. The van der Waals surface area contributed by atoms with Crippen molar-refractivity contribution in [2.45, 2.75) is 70.2 Å². The molecule has 1 aliphatic heterocycles. The summed E-state index contributed by atoms with van der Waals surface area (Å²) in [4.78, 5) is 56.0. The molecule has 56 heavy (non-hydrogen) atoms. The number of thiophene rings is 1. The number of ether oxygens (including phenoxy) is 2. The number of amides is 1. The second-order valence-electron chi connectivity index (χ2n) is 15.2. The van der Waals surface area contributed by atoms with Crippen molar-refractivity contribution in [3.8, 4) is 10.8 Å². The van der Waals surface area contributed by atoms with Crippen molar-refractivity contribution < 1.29 is 23.5 Å². The van der Waals surface area contributed by atoms with Gasteiger partial charge in [-0.25, -0.2) is 9.18 Å². The molecule has 2 atom stereocenters. The van der Waals surface area contributed by atoms with Crippen LogP contribution in [-0.2, 0) is 21.6 Å². The smallest absolute Gasteiger partial charge is 0.332 e. The number of nitrogens with zero attached hydrogens (tertiary/aromatic N) is 5. The van der Waals surface area contributed by atoms with Gasteiger partial charge in [-0.05, 0) is 60.3 Å². The van der Waals surface area contributed by atoms with Gasteiger partial charge in [0.25, 0.3) is 13.9 Å². The average molecular weight is 797 g/mol. The monoisotopic (exact) mass is 796 g/mol. The third-order valence-corrected chi connectivity index (χ3v) is 16.9. The zero-order chi connectivity index (χ0) is 39.8. The molecule has 0 bridgehead atoms. The number of fused-ring (bicyclic) bond motifs is 1. The summed E-state index contributed by atoms with van der Waals surface area (Å²) in [7, 11) is -1.81. The Balaban J connectivity index is 1.28. The molecular formula is C41H45FN6O6SSi. The van der Waals surface area contributed by atoms with Gasteiger partial charge in [-0.3, -0.25) is 18.7 Å². The summed E-state index contributed by atoms with van der Waals surface area (Å²) in [5.74, 6) is -0.412. The van der Waals surface area contributed by atoms with Crippen molar-refractivity contribution in [2.75, 3.05) is 20.3 Å². The van der Waals surface area contributed by atoms with Crippen molar-refractivity contribution in [1.82, 2.24) is 29.4 Å². The number of nitrogens with one attached hydrogen (secondary N) is 1. The third kappa shape index (κ3) is 6.93. The van der Waals surface area contributed by atoms with E-state index in [0.717, 1.165) is 14.9 Å². The molecule has 1 fully saturated rings. The number of rotatable bonds is 14. The fraction of sp³-hybridized carbons (Fsp3) is 0.341. The van der Waals surface area contributed by atoms with Crippen LogP contribution in [0, 0.1) is 12.7 Å². The number of benzene rings is 3. The topological polar surface area (TPSA) is 142 Å². The van der Waals surface area contributed by atoms with Crippen LogP contribution in [-0.4, -0.2) is 63.4 Å². The lowest BCUT2D eigenvalue weighted by Crippen LogP contribution is -2.65. The van der Waals surface area contributed by atoms with Crippen molar-refractivity contribution in [3.05, 3.63) is 129 Å². The predicted octanol–water partition coefficient (Wildman–Crippen LogP) is 4.57. The molecule has 1 unspecified atom stereocenters. The van der Waals surface area contributed by atoms with Crippen LogP contribution >= 0.6 is 11.3 Å². The minimum Gasteiger partial charge on any atom is -0.496 e. The van der Waals surface area contributed by atoms with Crippen LogP contribution in [0.15, 0.2) is 101 Å². The SMILES string of the molecule is COc1ccc(F)cc1[C@H](Cn1c(=O)n(C2(C)CNC(=O)C2)c(=O)c2c(C)c(-n3nccn3)sc21)OCCCC(C)(C)[Si](O)(c1ccccc1)c1ccccc1. The van der Waals surface area contributed by atoms with Crippen LogP contribution in [0.25, 0.3) is 15.2 Å². The van der Waals surface area contributed by atoms with E-state index in [0.29, 0.717) is 44.9 Å². The number of methoxy groups -OCH3 is 1. The molecule has 0 spiro atoms. The normalized spacial score (nSPS) is 16.7. The Morgan fingerprint density at radius 1 is 1.02 bits per heavy atom. The van der Waals surface area contributed by atoms with Gasteiger partial charge in [-0.15, -0.1) is 4.80 Å². The molecule has 292 valence electrons. The fourth-order valence-corrected chi connectivity index (χ4v) is 13.0. The number of hydrogen-bond acceptors (Lipinski definition) is 9. The Kier molecular flexibility index (Phi) is 10.7. The number of aromatic nitrogens is 5. The molecular weight excluding hydrogens is 752 g/mol. The van der Waals surface area contributed by atoms with Gasteiger partial charge < -0.3 is 19.6 Å². The minimum atomic E-state index is -3.30. The van der Waals surface area contributed by atoms with Crippen LogP contribution in [0.4, 0.5) is 4.39 Å². The summed E-state index contributed by atoms with van der Waals surface area (Å²) in [5.41, 5.74) is -1.34. The molecule has 15 heteroatoms. The molecule has 1 aliphatic rings. The maximum atomic E-state index is 15.0. The van der Waals surface area contributed by atoms with Crippen molar-refractivity contribution >= 4 is 46.2 Å². The second-order valence-corrected chi connectivity index (χ2v) is 20.1.